The number of aliphatic hydroxyl groups is 1. The lowest BCUT2D eigenvalue weighted by Crippen LogP contribution is -2.51. The fourth-order valence-electron chi connectivity index (χ4n) is 6.85. The molecule has 3 aliphatic rings. The molecule has 2 aromatic heterocycles. The summed E-state index contributed by atoms with van der Waals surface area (Å²) in [5, 5.41) is 10.9. The van der Waals surface area contributed by atoms with Crippen molar-refractivity contribution in [2.45, 2.75) is 56.0 Å². The van der Waals surface area contributed by atoms with Crippen molar-refractivity contribution in [3.8, 4) is 16.9 Å². The highest BCUT2D eigenvalue weighted by Crippen LogP contribution is 2.52. The molecule has 41 heavy (non-hydrogen) atoms. The number of benzene rings is 2. The zero-order chi connectivity index (χ0) is 28.8. The molecule has 0 spiro atoms. The second-order valence-corrected chi connectivity index (χ2v) is 11.4. The number of halogens is 3. The molecule has 2 aliphatic heterocycles. The van der Waals surface area contributed by atoms with Gasteiger partial charge in [0.1, 0.15) is 28.7 Å². The number of ether oxygens (including phenoxy) is 1. The second kappa shape index (κ2) is 8.54. The van der Waals surface area contributed by atoms with E-state index in [1.54, 1.807) is 37.1 Å². The zero-order valence-corrected chi connectivity index (χ0v) is 22.1. The molecule has 1 amide bonds. The lowest BCUT2D eigenvalue weighted by Gasteiger charge is -2.42. The third kappa shape index (κ3) is 3.67. The average molecular weight is 560 g/mol. The minimum absolute atomic E-state index is 0.0548. The van der Waals surface area contributed by atoms with E-state index in [0.717, 1.165) is 0 Å². The third-order valence-corrected chi connectivity index (χ3v) is 8.64. The van der Waals surface area contributed by atoms with Crippen LogP contribution in [-0.2, 0) is 5.60 Å². The van der Waals surface area contributed by atoms with Crippen LogP contribution in [0.4, 0.5) is 13.2 Å². The third-order valence-electron chi connectivity index (χ3n) is 8.64. The van der Waals surface area contributed by atoms with E-state index >= 15 is 4.39 Å². The number of aromatic nitrogens is 3. The van der Waals surface area contributed by atoms with E-state index in [-0.39, 0.29) is 36.2 Å². The Labute approximate surface area is 232 Å². The van der Waals surface area contributed by atoms with Crippen molar-refractivity contribution in [3.63, 3.8) is 0 Å². The number of carbonyl (C=O) groups excluding carboxylic acids is 1. The molecule has 0 unspecified atom stereocenters. The molecule has 1 fully saturated rings. The summed E-state index contributed by atoms with van der Waals surface area (Å²) >= 11 is 0. The number of rotatable bonds is 4. The first-order chi connectivity index (χ1) is 19.5. The van der Waals surface area contributed by atoms with Crippen LogP contribution in [0.25, 0.3) is 27.0 Å². The van der Waals surface area contributed by atoms with Crippen molar-refractivity contribution in [2.24, 2.45) is 0 Å². The molecule has 7 rings (SSSR count). The monoisotopic (exact) mass is 559 g/mol. The van der Waals surface area contributed by atoms with Gasteiger partial charge >= 0.3 is 6.61 Å². The van der Waals surface area contributed by atoms with Crippen molar-refractivity contribution in [1.82, 2.24) is 19.4 Å². The number of imidazole rings is 1. The average Bonchev–Trinajstić information content (AvgIpc) is 3.44. The van der Waals surface area contributed by atoms with Gasteiger partial charge in [-0.3, -0.25) is 9.78 Å². The van der Waals surface area contributed by atoms with Gasteiger partial charge in [0.25, 0.3) is 5.91 Å². The molecular weight excluding hydrogens is 535 g/mol. The molecular formula is C30H24F3N5O3. The lowest BCUT2D eigenvalue weighted by molar-refractivity contribution is -0.0799. The van der Waals surface area contributed by atoms with E-state index in [2.05, 4.69) is 9.83 Å². The fraction of sp³-hybridized carbons (Fsp3) is 0.333. The Morgan fingerprint density at radius 3 is 2.66 bits per heavy atom. The Morgan fingerprint density at radius 1 is 1.17 bits per heavy atom. The molecule has 2 aromatic carbocycles. The molecule has 0 saturated heterocycles. The van der Waals surface area contributed by atoms with Crippen LogP contribution in [0.5, 0.6) is 5.75 Å². The Bertz CT molecular complexity index is 1810. The standard InChI is InChI=1S/C30H24F3N5O3/c1-29(34-2)13-30(40,14-29)25-18(31)9-16(12-35-25)15-7-8-19-20(10-15)38-21-11-22(26(38)36-19)37(3)27(39)17-5-4-6-23(24(17)21)41-28(32)33/h4-10,12,21-22,28,40H,11,13-14H2,1,3H3/t21-,22-,29?,30?/m1/s1. The van der Waals surface area contributed by atoms with Gasteiger partial charge in [0.15, 0.2) is 0 Å². The largest absolute Gasteiger partial charge is 0.434 e. The van der Waals surface area contributed by atoms with Gasteiger partial charge in [-0.2, -0.15) is 8.78 Å². The second-order valence-electron chi connectivity index (χ2n) is 11.4. The summed E-state index contributed by atoms with van der Waals surface area (Å²) in [6.07, 6.45) is 2.15. The first kappa shape index (κ1) is 25.5. The molecule has 8 nitrogen and oxygen atoms in total. The minimum atomic E-state index is -3.06. The van der Waals surface area contributed by atoms with Crippen LogP contribution in [0.15, 0.2) is 48.7 Å². The summed E-state index contributed by atoms with van der Waals surface area (Å²) in [5.41, 5.74) is 0.849. The predicted molar refractivity (Wildman–Crippen MR) is 142 cm³/mol. The van der Waals surface area contributed by atoms with Crippen LogP contribution in [-0.4, -0.2) is 49.6 Å². The first-order valence-electron chi connectivity index (χ1n) is 13.2. The Morgan fingerprint density at radius 2 is 1.95 bits per heavy atom. The molecule has 2 atom stereocenters. The molecule has 4 aromatic rings. The van der Waals surface area contributed by atoms with Crippen molar-refractivity contribution < 1.29 is 27.8 Å². The van der Waals surface area contributed by atoms with Gasteiger partial charge in [0.05, 0.1) is 36.0 Å². The highest BCUT2D eigenvalue weighted by Gasteiger charge is 2.59. The number of carbonyl (C=O) groups is 1. The number of nitrogens with zero attached hydrogens (tertiary/aromatic N) is 5. The quantitative estimate of drug-likeness (QED) is 0.328. The normalized spacial score (nSPS) is 26.4. The summed E-state index contributed by atoms with van der Waals surface area (Å²) in [6, 6.07) is 10.4. The van der Waals surface area contributed by atoms with Crippen molar-refractivity contribution in [3.05, 3.63) is 88.5 Å². The topological polar surface area (TPSA) is 84.8 Å². The predicted octanol–water partition coefficient (Wildman–Crippen LogP) is 5.62. The van der Waals surface area contributed by atoms with Crippen LogP contribution in [0, 0.1) is 12.4 Å². The minimum Gasteiger partial charge on any atom is -0.434 e. The Kier molecular flexibility index (Phi) is 5.32. The summed E-state index contributed by atoms with van der Waals surface area (Å²) in [6.45, 7) is 5.96. The van der Waals surface area contributed by atoms with E-state index in [1.165, 1.54) is 24.4 Å². The van der Waals surface area contributed by atoms with Crippen molar-refractivity contribution >= 4 is 16.9 Å². The first-order valence-corrected chi connectivity index (χ1v) is 13.2. The van der Waals surface area contributed by atoms with Crippen LogP contribution in [0.2, 0.25) is 0 Å². The fourth-order valence-corrected chi connectivity index (χ4v) is 6.85. The van der Waals surface area contributed by atoms with E-state index in [9.17, 15) is 18.7 Å². The number of hydrogen-bond donors (Lipinski definition) is 1. The number of hydrogen-bond acceptors (Lipinski definition) is 5. The Balaban J connectivity index is 1.33. The SMILES string of the molecule is [C-]#[N+]C1(C)CC(O)(c2ncc(-c3ccc4nc5n(c4c3)[C@@H]3C[C@H]5N(C)C(=O)c4cccc(OC(F)F)c43)cc2F)C1. The summed E-state index contributed by atoms with van der Waals surface area (Å²) < 4.78 is 48.8. The lowest BCUT2D eigenvalue weighted by atomic mass is 9.64. The number of fused-ring (bicyclic) bond motifs is 9. The smallest absolute Gasteiger partial charge is 0.387 e. The van der Waals surface area contributed by atoms with Crippen molar-refractivity contribution in [1.29, 1.82) is 0 Å². The molecule has 0 radical (unpaired) electrons. The summed E-state index contributed by atoms with van der Waals surface area (Å²) in [5.74, 6) is -0.380. The highest BCUT2D eigenvalue weighted by molar-refractivity contribution is 5.98. The molecule has 11 heteroatoms. The molecule has 1 N–H and O–H groups in total. The molecule has 1 aliphatic carbocycles. The highest BCUT2D eigenvalue weighted by atomic mass is 19.3. The van der Waals surface area contributed by atoms with Gasteiger partial charge in [-0.05, 0) is 35.9 Å². The number of alkyl halides is 2. The summed E-state index contributed by atoms with van der Waals surface area (Å²) in [4.78, 5) is 27.5. The van der Waals surface area contributed by atoms with Crippen LogP contribution in [0.3, 0.4) is 0 Å². The van der Waals surface area contributed by atoms with Gasteiger partial charge in [0, 0.05) is 43.3 Å². The van der Waals surface area contributed by atoms with E-state index in [1.807, 2.05) is 10.6 Å². The molecule has 208 valence electrons. The maximum atomic E-state index is 15.3. The molecule has 2 bridgehead atoms. The van der Waals surface area contributed by atoms with Gasteiger partial charge in [-0.25, -0.2) is 15.9 Å². The molecule has 4 heterocycles. The van der Waals surface area contributed by atoms with Gasteiger partial charge in [0.2, 0.25) is 5.54 Å². The summed E-state index contributed by atoms with van der Waals surface area (Å²) in [7, 11) is 1.67. The Hall–Kier alpha value is -4.43. The zero-order valence-electron chi connectivity index (χ0n) is 22.1. The van der Waals surface area contributed by atoms with Crippen LogP contribution >= 0.6 is 0 Å². The number of pyridine rings is 1. The molecule has 1 saturated carbocycles. The van der Waals surface area contributed by atoms with Gasteiger partial charge in [-0.15, -0.1) is 0 Å². The van der Waals surface area contributed by atoms with Crippen molar-refractivity contribution in [2.75, 3.05) is 7.05 Å². The van der Waals surface area contributed by atoms with Crippen LogP contribution in [0.1, 0.15) is 65.7 Å². The maximum Gasteiger partial charge on any atom is 0.387 e. The van der Waals surface area contributed by atoms with Gasteiger partial charge < -0.3 is 24.2 Å². The van der Waals surface area contributed by atoms with Gasteiger partial charge in [-0.1, -0.05) is 12.1 Å². The van der Waals surface area contributed by atoms with E-state index < -0.39 is 29.6 Å². The van der Waals surface area contributed by atoms with E-state index in [4.69, 9.17) is 16.3 Å². The maximum absolute atomic E-state index is 15.3. The van der Waals surface area contributed by atoms with Crippen LogP contribution < -0.4 is 4.74 Å². The van der Waals surface area contributed by atoms with E-state index in [0.29, 0.717) is 45.5 Å². The number of amides is 1.